The summed E-state index contributed by atoms with van der Waals surface area (Å²) < 4.78 is 24.1. The lowest BCUT2D eigenvalue weighted by Gasteiger charge is -2.09. The normalized spacial score (nSPS) is 21.4. The van der Waals surface area contributed by atoms with Crippen molar-refractivity contribution in [2.75, 3.05) is 12.3 Å². The number of hydrogen-bond acceptors (Lipinski definition) is 5. The highest BCUT2D eigenvalue weighted by molar-refractivity contribution is 7.90. The van der Waals surface area contributed by atoms with E-state index in [0.29, 0.717) is 9.34 Å². The summed E-state index contributed by atoms with van der Waals surface area (Å²) in [5, 5.41) is 3.19. The van der Waals surface area contributed by atoms with Crippen LogP contribution in [0.2, 0.25) is 4.47 Å². The molecule has 1 aliphatic rings. The summed E-state index contributed by atoms with van der Waals surface area (Å²) in [4.78, 5) is 4.55. The molecule has 1 aromatic rings. The largest absolute Gasteiger partial charge is 0.313 e. The second kappa shape index (κ2) is 5.00. The van der Waals surface area contributed by atoms with Gasteiger partial charge < -0.3 is 5.32 Å². The minimum atomic E-state index is -3.06. The van der Waals surface area contributed by atoms with Crippen molar-refractivity contribution in [1.82, 2.24) is 10.3 Å². The van der Waals surface area contributed by atoms with Gasteiger partial charge in [0.25, 0.3) is 0 Å². The van der Waals surface area contributed by atoms with Crippen LogP contribution >= 0.6 is 22.9 Å². The third-order valence-electron chi connectivity index (χ3n) is 2.51. The van der Waals surface area contributed by atoms with Crippen LogP contribution in [0.3, 0.4) is 0 Å². The molecule has 0 spiro atoms. The molecule has 1 aromatic heterocycles. The van der Waals surface area contributed by atoms with E-state index >= 15 is 0 Å². The van der Waals surface area contributed by atoms with Crippen LogP contribution in [-0.2, 0) is 15.6 Å². The monoisotopic (exact) mass is 280 g/mol. The molecule has 1 aliphatic heterocycles. The molecule has 2 rings (SSSR count). The Morgan fingerprint density at radius 3 is 3.00 bits per heavy atom. The third kappa shape index (κ3) is 3.41. The quantitative estimate of drug-likeness (QED) is 0.907. The van der Waals surface area contributed by atoms with E-state index in [4.69, 9.17) is 11.6 Å². The Morgan fingerprint density at radius 1 is 1.62 bits per heavy atom. The van der Waals surface area contributed by atoms with E-state index in [2.05, 4.69) is 10.3 Å². The number of nitrogens with zero attached hydrogens (tertiary/aromatic N) is 1. The highest BCUT2D eigenvalue weighted by atomic mass is 35.5. The lowest BCUT2D eigenvalue weighted by Crippen LogP contribution is -2.30. The maximum absolute atomic E-state index is 11.9. The van der Waals surface area contributed by atoms with Gasteiger partial charge in [-0.05, 0) is 19.4 Å². The Labute approximate surface area is 104 Å². The summed E-state index contributed by atoms with van der Waals surface area (Å²) in [5.41, 5.74) is 0. The van der Waals surface area contributed by atoms with Gasteiger partial charge in [0.15, 0.2) is 14.3 Å². The van der Waals surface area contributed by atoms with Crippen LogP contribution in [-0.4, -0.2) is 31.7 Å². The van der Waals surface area contributed by atoms with Crippen molar-refractivity contribution in [1.29, 1.82) is 0 Å². The summed E-state index contributed by atoms with van der Waals surface area (Å²) in [7, 11) is -3.06. The third-order valence-corrected chi connectivity index (χ3v) is 5.46. The molecule has 0 radical (unpaired) electrons. The van der Waals surface area contributed by atoms with Gasteiger partial charge in [-0.3, -0.25) is 0 Å². The van der Waals surface area contributed by atoms with Crippen molar-refractivity contribution in [3.05, 3.63) is 15.5 Å². The van der Waals surface area contributed by atoms with Crippen LogP contribution in [0, 0.1) is 0 Å². The first-order valence-corrected chi connectivity index (χ1v) is 8.11. The maximum atomic E-state index is 11.9. The van der Waals surface area contributed by atoms with Crippen molar-refractivity contribution in [2.24, 2.45) is 0 Å². The van der Waals surface area contributed by atoms with Crippen LogP contribution < -0.4 is 5.32 Å². The average Bonchev–Trinajstić information content (AvgIpc) is 2.76. The van der Waals surface area contributed by atoms with E-state index < -0.39 is 9.84 Å². The van der Waals surface area contributed by atoms with E-state index in [1.807, 2.05) is 0 Å². The molecule has 1 saturated heterocycles. The van der Waals surface area contributed by atoms with Gasteiger partial charge in [-0.15, -0.1) is 11.3 Å². The number of thiazole rings is 1. The topological polar surface area (TPSA) is 59.1 Å². The van der Waals surface area contributed by atoms with Gasteiger partial charge >= 0.3 is 0 Å². The lowest BCUT2D eigenvalue weighted by atomic mass is 10.3. The van der Waals surface area contributed by atoms with Crippen LogP contribution in [0.4, 0.5) is 0 Å². The molecule has 1 atom stereocenters. The smallest absolute Gasteiger partial charge is 0.183 e. The number of aromatic nitrogens is 1. The van der Waals surface area contributed by atoms with Crippen LogP contribution in [0.15, 0.2) is 6.20 Å². The van der Waals surface area contributed by atoms with Crippen LogP contribution in [0.5, 0.6) is 0 Å². The van der Waals surface area contributed by atoms with Gasteiger partial charge in [0.2, 0.25) is 0 Å². The molecular weight excluding hydrogens is 268 g/mol. The lowest BCUT2D eigenvalue weighted by molar-refractivity contribution is 0.576. The second-order valence-electron chi connectivity index (χ2n) is 3.93. The molecule has 0 amide bonds. The van der Waals surface area contributed by atoms with E-state index in [1.165, 1.54) is 17.5 Å². The SMILES string of the molecule is O=S(=O)(Cc1cnc(Cl)s1)C[C@H]1CCCN1. The number of nitrogens with one attached hydrogen (secondary N) is 1. The van der Waals surface area contributed by atoms with Gasteiger partial charge in [-0.25, -0.2) is 13.4 Å². The summed E-state index contributed by atoms with van der Waals surface area (Å²) in [6.07, 6.45) is 3.54. The fourth-order valence-electron chi connectivity index (χ4n) is 1.83. The maximum Gasteiger partial charge on any atom is 0.183 e. The minimum absolute atomic E-state index is 0.0512. The van der Waals surface area contributed by atoms with Gasteiger partial charge in [0.05, 0.1) is 11.5 Å². The van der Waals surface area contributed by atoms with E-state index in [1.54, 1.807) is 0 Å². The van der Waals surface area contributed by atoms with Crippen molar-refractivity contribution in [3.8, 4) is 0 Å². The summed E-state index contributed by atoms with van der Waals surface area (Å²) in [5.74, 6) is 0.262. The van der Waals surface area contributed by atoms with Gasteiger partial charge in [0.1, 0.15) is 0 Å². The molecule has 2 heterocycles. The second-order valence-corrected chi connectivity index (χ2v) is 7.73. The zero-order chi connectivity index (χ0) is 11.6. The summed E-state index contributed by atoms with van der Waals surface area (Å²) >= 11 is 6.89. The van der Waals surface area contributed by atoms with Gasteiger partial charge in [-0.2, -0.15) is 0 Å². The zero-order valence-corrected chi connectivity index (χ0v) is 11.0. The molecule has 0 saturated carbocycles. The average molecular weight is 281 g/mol. The van der Waals surface area contributed by atoms with E-state index in [0.717, 1.165) is 19.4 Å². The minimum Gasteiger partial charge on any atom is -0.313 e. The van der Waals surface area contributed by atoms with Crippen LogP contribution in [0.1, 0.15) is 17.7 Å². The van der Waals surface area contributed by atoms with Crippen molar-refractivity contribution in [3.63, 3.8) is 0 Å². The van der Waals surface area contributed by atoms with Crippen molar-refractivity contribution in [2.45, 2.75) is 24.6 Å². The first-order chi connectivity index (χ1) is 7.55. The Hall–Kier alpha value is -0.170. The molecule has 16 heavy (non-hydrogen) atoms. The molecule has 0 bridgehead atoms. The Balaban J connectivity index is 1.96. The van der Waals surface area contributed by atoms with E-state index in [9.17, 15) is 8.42 Å². The zero-order valence-electron chi connectivity index (χ0n) is 8.65. The highest BCUT2D eigenvalue weighted by Gasteiger charge is 2.22. The molecule has 0 unspecified atom stereocenters. The molecule has 0 aliphatic carbocycles. The summed E-state index contributed by atoms with van der Waals surface area (Å²) in [6, 6.07) is 0.119. The molecular formula is C9H13ClN2O2S2. The Bertz CT molecular complexity index is 452. The predicted octanol–water partition coefficient (Wildman–Crippen LogP) is 1.46. The van der Waals surface area contributed by atoms with Gasteiger partial charge in [0, 0.05) is 17.1 Å². The molecule has 0 aromatic carbocycles. The number of sulfone groups is 1. The van der Waals surface area contributed by atoms with Crippen molar-refractivity contribution < 1.29 is 8.42 Å². The first-order valence-electron chi connectivity index (χ1n) is 5.09. The number of rotatable bonds is 4. The fourth-order valence-corrected chi connectivity index (χ4v) is 4.90. The fraction of sp³-hybridized carbons (Fsp3) is 0.667. The van der Waals surface area contributed by atoms with Gasteiger partial charge in [-0.1, -0.05) is 11.6 Å². The number of hydrogen-bond donors (Lipinski definition) is 1. The molecule has 4 nitrogen and oxygen atoms in total. The molecule has 1 N–H and O–H groups in total. The highest BCUT2D eigenvalue weighted by Crippen LogP contribution is 2.21. The first kappa shape index (κ1) is 12.3. The van der Waals surface area contributed by atoms with E-state index in [-0.39, 0.29) is 17.5 Å². The Kier molecular flexibility index (Phi) is 3.84. The van der Waals surface area contributed by atoms with Crippen molar-refractivity contribution >= 4 is 32.8 Å². The standard InChI is InChI=1S/C9H13ClN2O2S2/c10-9-12-4-8(15-9)6-16(13,14)5-7-2-1-3-11-7/h4,7,11H,1-3,5-6H2/t7-/m1/s1. The molecule has 90 valence electrons. The summed E-state index contributed by atoms with van der Waals surface area (Å²) in [6.45, 7) is 0.923. The Morgan fingerprint density at radius 2 is 2.44 bits per heavy atom. The van der Waals surface area contributed by atoms with Crippen LogP contribution in [0.25, 0.3) is 0 Å². The predicted molar refractivity (Wildman–Crippen MR) is 65.6 cm³/mol. The molecule has 1 fully saturated rings. The number of halogens is 1. The molecule has 7 heteroatoms.